The van der Waals surface area contributed by atoms with E-state index in [2.05, 4.69) is 29.8 Å². The van der Waals surface area contributed by atoms with Gasteiger partial charge in [0.1, 0.15) is 17.5 Å². The van der Waals surface area contributed by atoms with Gasteiger partial charge in [-0.05, 0) is 31.9 Å². The number of hydrogen-bond acceptors (Lipinski definition) is 6. The van der Waals surface area contributed by atoms with Crippen LogP contribution in [0, 0.1) is 6.92 Å². The summed E-state index contributed by atoms with van der Waals surface area (Å²) in [5, 5.41) is 2.52. The molecule has 0 radical (unpaired) electrons. The lowest BCUT2D eigenvalue weighted by atomic mass is 10.3. The molecule has 2 fully saturated rings. The summed E-state index contributed by atoms with van der Waals surface area (Å²) in [6, 6.07) is 7.00. The molecule has 1 N–H and O–H groups in total. The maximum Gasteiger partial charge on any atom is 0.573 e. The first-order valence-corrected chi connectivity index (χ1v) is 10.5. The van der Waals surface area contributed by atoms with Crippen LogP contribution in [0.15, 0.2) is 30.3 Å². The van der Waals surface area contributed by atoms with Gasteiger partial charge in [-0.3, -0.25) is 0 Å². The van der Waals surface area contributed by atoms with E-state index in [1.165, 1.54) is 18.2 Å². The Morgan fingerprint density at radius 2 is 1.56 bits per heavy atom. The van der Waals surface area contributed by atoms with Crippen LogP contribution in [0.1, 0.15) is 18.7 Å². The van der Waals surface area contributed by atoms with Crippen molar-refractivity contribution in [3.8, 4) is 5.75 Å². The Labute approximate surface area is 184 Å². The molecule has 32 heavy (non-hydrogen) atoms. The number of amides is 2. The number of piperazine rings is 1. The third-order valence-corrected chi connectivity index (χ3v) is 5.49. The highest BCUT2D eigenvalue weighted by Gasteiger charge is 2.32. The number of rotatable bonds is 4. The molecular weight excluding hydrogens is 425 g/mol. The van der Waals surface area contributed by atoms with E-state index in [1.54, 1.807) is 4.90 Å². The molecule has 0 saturated carbocycles. The molecule has 2 aromatic rings. The van der Waals surface area contributed by atoms with Crippen LogP contribution in [0.5, 0.6) is 5.75 Å². The zero-order chi connectivity index (χ0) is 22.7. The topological polar surface area (TPSA) is 73.8 Å². The van der Waals surface area contributed by atoms with E-state index < -0.39 is 18.1 Å². The van der Waals surface area contributed by atoms with Crippen LogP contribution in [0.3, 0.4) is 0 Å². The number of carbonyl (C=O) groups is 1. The van der Waals surface area contributed by atoms with Gasteiger partial charge in [0.15, 0.2) is 5.75 Å². The van der Waals surface area contributed by atoms with E-state index in [0.29, 0.717) is 32.0 Å². The van der Waals surface area contributed by atoms with Gasteiger partial charge in [-0.1, -0.05) is 12.1 Å². The largest absolute Gasteiger partial charge is 0.573 e. The number of hydrogen-bond donors (Lipinski definition) is 1. The van der Waals surface area contributed by atoms with Crippen LogP contribution in [-0.4, -0.2) is 66.5 Å². The van der Waals surface area contributed by atoms with E-state index in [4.69, 9.17) is 0 Å². The number of aryl methyl sites for hydroxylation is 1. The highest BCUT2D eigenvalue weighted by atomic mass is 19.4. The molecule has 1 aromatic heterocycles. The first kappa shape index (κ1) is 22.0. The lowest BCUT2D eigenvalue weighted by molar-refractivity contribution is -0.274. The van der Waals surface area contributed by atoms with Gasteiger partial charge in [0.25, 0.3) is 0 Å². The Bertz CT molecular complexity index is 957. The number of halogens is 3. The summed E-state index contributed by atoms with van der Waals surface area (Å²) >= 11 is 0. The average molecular weight is 450 g/mol. The number of nitrogens with one attached hydrogen (secondary N) is 1. The highest BCUT2D eigenvalue weighted by molar-refractivity contribution is 5.91. The molecule has 0 bridgehead atoms. The number of para-hydroxylation sites is 2. The molecule has 2 aliphatic rings. The summed E-state index contributed by atoms with van der Waals surface area (Å²) in [6.45, 7) is 5.79. The molecule has 0 aliphatic carbocycles. The fourth-order valence-electron chi connectivity index (χ4n) is 3.92. The molecule has 2 saturated heterocycles. The van der Waals surface area contributed by atoms with Gasteiger partial charge in [0.05, 0.1) is 5.69 Å². The average Bonchev–Trinajstić information content (AvgIpc) is 3.29. The second-order valence-electron chi connectivity index (χ2n) is 7.77. The first-order chi connectivity index (χ1) is 15.3. The number of alkyl halides is 3. The summed E-state index contributed by atoms with van der Waals surface area (Å²) in [6.07, 6.45) is -2.53. The molecule has 3 heterocycles. The second kappa shape index (κ2) is 9.09. The number of anilines is 3. The maximum atomic E-state index is 12.6. The Kier molecular flexibility index (Phi) is 6.24. The Hall–Kier alpha value is -3.24. The van der Waals surface area contributed by atoms with Crippen molar-refractivity contribution in [2.45, 2.75) is 26.1 Å². The standard InChI is InChI=1S/C21H25F3N6O2/c1-15-25-18(28-8-4-5-9-28)14-19(26-15)29-10-12-30(13-11-29)20(31)27-16-6-2-3-7-17(16)32-21(22,23)24/h2-3,6-7,14H,4-5,8-13H2,1H3,(H,27,31). The minimum atomic E-state index is -4.84. The van der Waals surface area contributed by atoms with Crippen LogP contribution >= 0.6 is 0 Å². The summed E-state index contributed by atoms with van der Waals surface area (Å²) < 4.78 is 41.8. The van der Waals surface area contributed by atoms with Crippen molar-refractivity contribution in [2.75, 3.05) is 54.4 Å². The summed E-state index contributed by atoms with van der Waals surface area (Å²) in [5.74, 6) is 2.00. The molecule has 11 heteroatoms. The molecule has 2 aliphatic heterocycles. The lowest BCUT2D eigenvalue weighted by Gasteiger charge is -2.35. The molecule has 172 valence electrons. The van der Waals surface area contributed by atoms with E-state index in [-0.39, 0.29) is 5.69 Å². The van der Waals surface area contributed by atoms with Gasteiger partial charge in [-0.25, -0.2) is 14.8 Å². The van der Waals surface area contributed by atoms with E-state index in [1.807, 2.05) is 13.0 Å². The Morgan fingerprint density at radius 1 is 0.969 bits per heavy atom. The van der Waals surface area contributed by atoms with Crippen LogP contribution in [0.2, 0.25) is 0 Å². The smallest absolute Gasteiger partial charge is 0.404 e. The van der Waals surface area contributed by atoms with Crippen LogP contribution in [0.25, 0.3) is 0 Å². The maximum absolute atomic E-state index is 12.6. The first-order valence-electron chi connectivity index (χ1n) is 10.5. The zero-order valence-electron chi connectivity index (χ0n) is 17.7. The normalized spacial score (nSPS) is 16.9. The van der Waals surface area contributed by atoms with Crippen LogP contribution in [-0.2, 0) is 0 Å². The van der Waals surface area contributed by atoms with Gasteiger partial charge in [-0.2, -0.15) is 0 Å². The number of ether oxygens (including phenoxy) is 1. The summed E-state index contributed by atoms with van der Waals surface area (Å²) in [7, 11) is 0. The van der Waals surface area contributed by atoms with Gasteiger partial charge in [-0.15, -0.1) is 13.2 Å². The summed E-state index contributed by atoms with van der Waals surface area (Å²) in [5.41, 5.74) is -0.0288. The molecule has 0 atom stereocenters. The van der Waals surface area contributed by atoms with E-state index in [0.717, 1.165) is 43.6 Å². The Morgan fingerprint density at radius 3 is 2.19 bits per heavy atom. The van der Waals surface area contributed by atoms with E-state index in [9.17, 15) is 18.0 Å². The highest BCUT2D eigenvalue weighted by Crippen LogP contribution is 2.30. The van der Waals surface area contributed by atoms with Crippen molar-refractivity contribution < 1.29 is 22.7 Å². The monoisotopic (exact) mass is 450 g/mol. The molecule has 1 aromatic carbocycles. The van der Waals surface area contributed by atoms with Gasteiger partial charge >= 0.3 is 12.4 Å². The van der Waals surface area contributed by atoms with Crippen LogP contribution in [0.4, 0.5) is 35.3 Å². The molecule has 0 unspecified atom stereocenters. The molecule has 0 spiro atoms. The zero-order valence-corrected chi connectivity index (χ0v) is 17.7. The molecule has 4 rings (SSSR count). The van der Waals surface area contributed by atoms with Crippen molar-refractivity contribution in [1.82, 2.24) is 14.9 Å². The number of carbonyl (C=O) groups excluding carboxylic acids is 1. The van der Waals surface area contributed by atoms with Crippen LogP contribution < -0.4 is 19.9 Å². The molecular formula is C21H25F3N6O2. The summed E-state index contributed by atoms with van der Waals surface area (Å²) in [4.78, 5) is 27.7. The third-order valence-electron chi connectivity index (χ3n) is 5.49. The second-order valence-corrected chi connectivity index (χ2v) is 7.77. The van der Waals surface area contributed by atoms with Crippen molar-refractivity contribution in [3.05, 3.63) is 36.2 Å². The van der Waals surface area contributed by atoms with E-state index >= 15 is 0 Å². The van der Waals surface area contributed by atoms with Gasteiger partial charge in [0.2, 0.25) is 0 Å². The third kappa shape index (κ3) is 5.32. The number of urea groups is 1. The number of aromatic nitrogens is 2. The lowest BCUT2D eigenvalue weighted by Crippen LogP contribution is -2.50. The Balaban J connectivity index is 1.38. The number of nitrogens with zero attached hydrogens (tertiary/aromatic N) is 5. The SMILES string of the molecule is Cc1nc(N2CCCC2)cc(N2CCN(C(=O)Nc3ccccc3OC(F)(F)F)CC2)n1. The van der Waals surface area contributed by atoms with Crippen molar-refractivity contribution in [3.63, 3.8) is 0 Å². The van der Waals surface area contributed by atoms with Gasteiger partial charge < -0.3 is 24.8 Å². The fraction of sp³-hybridized carbons (Fsp3) is 0.476. The predicted octanol–water partition coefficient (Wildman–Crippen LogP) is 3.64. The van der Waals surface area contributed by atoms with Crippen molar-refractivity contribution in [1.29, 1.82) is 0 Å². The predicted molar refractivity (Wildman–Crippen MR) is 114 cm³/mol. The van der Waals surface area contributed by atoms with Crippen molar-refractivity contribution in [2.24, 2.45) is 0 Å². The minimum Gasteiger partial charge on any atom is -0.404 e. The molecule has 8 nitrogen and oxygen atoms in total. The quantitative estimate of drug-likeness (QED) is 0.767. The minimum absolute atomic E-state index is 0.0288. The van der Waals surface area contributed by atoms with Gasteiger partial charge in [0, 0.05) is 45.3 Å². The van der Waals surface area contributed by atoms with Crippen molar-refractivity contribution >= 4 is 23.4 Å². The molecule has 2 amide bonds. The number of benzene rings is 1. The fourth-order valence-corrected chi connectivity index (χ4v) is 3.92.